The maximum absolute atomic E-state index is 13.7. The van der Waals surface area contributed by atoms with Gasteiger partial charge in [0.25, 0.3) is 0 Å². The topological polar surface area (TPSA) is 55.2 Å². The monoisotopic (exact) mass is 362 g/mol. The molecular weight excluding hydrogens is 351 g/mol. The number of H-pyrrole nitrogens is 1. The van der Waals surface area contributed by atoms with E-state index in [-0.39, 0.29) is 5.75 Å². The van der Waals surface area contributed by atoms with E-state index in [9.17, 15) is 4.39 Å². The predicted molar refractivity (Wildman–Crippen MR) is 93.8 cm³/mol. The van der Waals surface area contributed by atoms with E-state index in [2.05, 4.69) is 15.3 Å². The summed E-state index contributed by atoms with van der Waals surface area (Å²) in [5.74, 6) is 0.170. The summed E-state index contributed by atoms with van der Waals surface area (Å²) in [6, 6.07) is 11.8. The average Bonchev–Trinajstić information content (AvgIpc) is 2.94. The number of aromatic nitrogens is 3. The van der Waals surface area contributed by atoms with E-state index >= 15 is 0 Å². The second-order valence-electron chi connectivity index (χ2n) is 4.78. The maximum Gasteiger partial charge on any atom is 0.216 e. The molecule has 3 aromatic rings. The van der Waals surface area contributed by atoms with Gasteiger partial charge in [-0.3, -0.25) is 0 Å². The van der Waals surface area contributed by atoms with Crippen LogP contribution in [0.15, 0.2) is 47.6 Å². The summed E-state index contributed by atoms with van der Waals surface area (Å²) in [6.07, 6.45) is 1.48. The Bertz CT molecular complexity index is 967. The third-order valence-corrected chi connectivity index (χ3v) is 3.86. The molecule has 0 radical (unpaired) electrons. The molecular formula is C16H12ClFN4OS. The summed E-state index contributed by atoms with van der Waals surface area (Å²) in [6.45, 7) is 0. The van der Waals surface area contributed by atoms with Crippen LogP contribution in [0.2, 0.25) is 5.02 Å². The summed E-state index contributed by atoms with van der Waals surface area (Å²) in [7, 11) is 1.41. The molecule has 2 aromatic carbocycles. The number of hydrogen-bond donors (Lipinski definition) is 1. The molecule has 8 heteroatoms. The lowest BCUT2D eigenvalue weighted by Crippen LogP contribution is -1.96. The van der Waals surface area contributed by atoms with Crippen LogP contribution in [-0.4, -0.2) is 28.2 Å². The first-order valence-corrected chi connectivity index (χ1v) is 7.69. The zero-order valence-electron chi connectivity index (χ0n) is 12.5. The first-order chi connectivity index (χ1) is 11.6. The number of benzene rings is 2. The minimum absolute atomic E-state index is 0.170. The molecule has 0 unspecified atom stereocenters. The molecule has 0 aliphatic heterocycles. The summed E-state index contributed by atoms with van der Waals surface area (Å²) < 4.78 is 20.4. The van der Waals surface area contributed by atoms with Crippen molar-refractivity contribution in [2.75, 3.05) is 7.11 Å². The molecule has 0 fully saturated rings. The highest BCUT2D eigenvalue weighted by molar-refractivity contribution is 7.71. The standard InChI is InChI=1S/C16H12ClFN4OS/c1-23-14-7-6-10(8-13(14)18)9-19-22-15(20-21-16(22)24)11-4-2-3-5-12(11)17/h2-9H,1H3,(H,21,24)/b19-9-. The van der Waals surface area contributed by atoms with Gasteiger partial charge in [0, 0.05) is 5.56 Å². The van der Waals surface area contributed by atoms with E-state index in [0.29, 0.717) is 26.7 Å². The van der Waals surface area contributed by atoms with E-state index in [0.717, 1.165) is 0 Å². The minimum Gasteiger partial charge on any atom is -0.494 e. The van der Waals surface area contributed by atoms with E-state index < -0.39 is 5.82 Å². The second kappa shape index (κ2) is 6.94. The molecule has 0 atom stereocenters. The summed E-state index contributed by atoms with van der Waals surface area (Å²) >= 11 is 11.4. The normalized spacial score (nSPS) is 11.1. The van der Waals surface area contributed by atoms with Crippen LogP contribution in [0.4, 0.5) is 4.39 Å². The zero-order chi connectivity index (χ0) is 17.1. The summed E-state index contributed by atoms with van der Waals surface area (Å²) in [5, 5.41) is 11.6. The van der Waals surface area contributed by atoms with E-state index in [1.54, 1.807) is 12.1 Å². The van der Waals surface area contributed by atoms with E-state index in [1.165, 1.54) is 30.1 Å². The zero-order valence-corrected chi connectivity index (χ0v) is 14.1. The molecule has 1 N–H and O–H groups in total. The van der Waals surface area contributed by atoms with Crippen molar-refractivity contribution in [1.29, 1.82) is 0 Å². The van der Waals surface area contributed by atoms with E-state index in [4.69, 9.17) is 28.6 Å². The minimum atomic E-state index is -0.469. The third-order valence-electron chi connectivity index (χ3n) is 3.26. The van der Waals surface area contributed by atoms with Crippen LogP contribution in [0, 0.1) is 10.6 Å². The number of ether oxygens (including phenoxy) is 1. The van der Waals surface area contributed by atoms with Gasteiger partial charge in [-0.1, -0.05) is 23.7 Å². The number of rotatable bonds is 4. The Morgan fingerprint density at radius 2 is 2.12 bits per heavy atom. The third kappa shape index (κ3) is 3.22. The van der Waals surface area contributed by atoms with Gasteiger partial charge in [0.2, 0.25) is 4.77 Å². The number of methoxy groups -OCH3 is 1. The Kier molecular flexibility index (Phi) is 4.73. The molecule has 0 saturated carbocycles. The Hall–Kier alpha value is -2.51. The molecule has 0 bridgehead atoms. The highest BCUT2D eigenvalue weighted by Gasteiger charge is 2.11. The van der Waals surface area contributed by atoms with Gasteiger partial charge >= 0.3 is 0 Å². The molecule has 0 aliphatic carbocycles. The van der Waals surface area contributed by atoms with Crippen LogP contribution >= 0.6 is 23.8 Å². The van der Waals surface area contributed by atoms with Crippen molar-refractivity contribution in [2.24, 2.45) is 5.10 Å². The molecule has 3 rings (SSSR count). The number of nitrogens with one attached hydrogen (secondary N) is 1. The van der Waals surface area contributed by atoms with Gasteiger partial charge in [-0.15, -0.1) is 0 Å². The fraction of sp³-hybridized carbons (Fsp3) is 0.0625. The molecule has 0 saturated heterocycles. The maximum atomic E-state index is 13.7. The molecule has 24 heavy (non-hydrogen) atoms. The second-order valence-corrected chi connectivity index (χ2v) is 5.58. The van der Waals surface area contributed by atoms with E-state index in [1.807, 2.05) is 18.2 Å². The van der Waals surface area contributed by atoms with Gasteiger partial charge < -0.3 is 4.74 Å². The quantitative estimate of drug-likeness (QED) is 0.556. The highest BCUT2D eigenvalue weighted by atomic mass is 35.5. The fourth-order valence-electron chi connectivity index (χ4n) is 2.10. The Labute approximate surface area is 147 Å². The van der Waals surface area contributed by atoms with Crippen molar-refractivity contribution in [2.45, 2.75) is 0 Å². The van der Waals surface area contributed by atoms with Crippen molar-refractivity contribution in [3.05, 3.63) is 63.6 Å². The lowest BCUT2D eigenvalue weighted by atomic mass is 10.2. The lowest BCUT2D eigenvalue weighted by Gasteiger charge is -2.04. The Morgan fingerprint density at radius 3 is 2.83 bits per heavy atom. The predicted octanol–water partition coefficient (Wildman–Crippen LogP) is 4.29. The summed E-state index contributed by atoms with van der Waals surface area (Å²) in [5.41, 5.74) is 1.24. The summed E-state index contributed by atoms with van der Waals surface area (Å²) in [4.78, 5) is 0. The van der Waals surface area contributed by atoms with Crippen LogP contribution in [0.3, 0.4) is 0 Å². The first kappa shape index (κ1) is 16.4. The number of aromatic amines is 1. The number of hydrogen-bond acceptors (Lipinski definition) is 4. The molecule has 1 aromatic heterocycles. The largest absolute Gasteiger partial charge is 0.494 e. The fourth-order valence-corrected chi connectivity index (χ4v) is 2.50. The Morgan fingerprint density at radius 1 is 1.33 bits per heavy atom. The van der Waals surface area contributed by atoms with Gasteiger partial charge in [0.1, 0.15) is 0 Å². The smallest absolute Gasteiger partial charge is 0.216 e. The molecule has 1 heterocycles. The molecule has 5 nitrogen and oxygen atoms in total. The van der Waals surface area contributed by atoms with Crippen LogP contribution in [-0.2, 0) is 0 Å². The van der Waals surface area contributed by atoms with Crippen LogP contribution in [0.1, 0.15) is 5.56 Å². The Balaban J connectivity index is 1.99. The van der Waals surface area contributed by atoms with Crippen molar-refractivity contribution in [1.82, 2.24) is 14.9 Å². The van der Waals surface area contributed by atoms with Gasteiger partial charge in [0.15, 0.2) is 17.4 Å². The van der Waals surface area contributed by atoms with Crippen molar-refractivity contribution in [3.63, 3.8) is 0 Å². The van der Waals surface area contributed by atoms with Gasteiger partial charge in [0.05, 0.1) is 18.3 Å². The molecule has 0 spiro atoms. The van der Waals surface area contributed by atoms with Crippen molar-refractivity contribution >= 4 is 30.0 Å². The van der Waals surface area contributed by atoms with Crippen LogP contribution in [0.25, 0.3) is 11.4 Å². The molecule has 0 amide bonds. The highest BCUT2D eigenvalue weighted by Crippen LogP contribution is 2.26. The van der Waals surface area contributed by atoms with Gasteiger partial charge in [-0.25, -0.2) is 9.49 Å². The molecule has 0 aliphatic rings. The van der Waals surface area contributed by atoms with Gasteiger partial charge in [-0.05, 0) is 48.1 Å². The number of nitrogens with zero attached hydrogens (tertiary/aromatic N) is 3. The SMILES string of the molecule is COc1ccc(/C=N\n2c(-c3ccccc3Cl)n[nH]c2=S)cc1F. The van der Waals surface area contributed by atoms with Crippen molar-refractivity contribution < 1.29 is 9.13 Å². The lowest BCUT2D eigenvalue weighted by molar-refractivity contribution is 0.386. The number of halogens is 2. The first-order valence-electron chi connectivity index (χ1n) is 6.90. The van der Waals surface area contributed by atoms with Crippen molar-refractivity contribution in [3.8, 4) is 17.1 Å². The van der Waals surface area contributed by atoms with Crippen LogP contribution in [0.5, 0.6) is 5.75 Å². The molecule has 122 valence electrons. The van der Waals surface area contributed by atoms with Gasteiger partial charge in [-0.2, -0.15) is 14.9 Å². The average molecular weight is 363 g/mol. The van der Waals surface area contributed by atoms with Crippen LogP contribution < -0.4 is 4.74 Å².